The Morgan fingerprint density at radius 1 is 1.00 bits per heavy atom. The second-order valence-corrected chi connectivity index (χ2v) is 4.20. The van der Waals surface area contributed by atoms with E-state index in [0.717, 1.165) is 17.9 Å². The van der Waals surface area contributed by atoms with E-state index < -0.39 is 0 Å². The second kappa shape index (κ2) is 6.01. The van der Waals surface area contributed by atoms with Crippen LogP contribution in [-0.2, 0) is 0 Å². The molecule has 0 unspecified atom stereocenters. The quantitative estimate of drug-likeness (QED) is 0.576. The smallest absolute Gasteiger partial charge is 0.0956 e. The third-order valence-corrected chi connectivity index (χ3v) is 2.81. The molecule has 2 aromatic carbocycles. The first-order chi connectivity index (χ1) is 8.79. The number of aliphatic imine (C=N–C) groups is 1. The van der Waals surface area contributed by atoms with E-state index in [4.69, 9.17) is 0 Å². The molecule has 0 saturated heterocycles. The van der Waals surface area contributed by atoms with E-state index in [2.05, 4.69) is 48.0 Å². The van der Waals surface area contributed by atoms with Crippen LogP contribution in [0, 0.1) is 6.92 Å². The highest BCUT2D eigenvalue weighted by molar-refractivity contribution is 5.80. The molecule has 0 atom stereocenters. The van der Waals surface area contributed by atoms with Gasteiger partial charge in [0, 0.05) is 12.2 Å². The van der Waals surface area contributed by atoms with Crippen LogP contribution in [0.2, 0.25) is 0 Å². The van der Waals surface area contributed by atoms with Crippen LogP contribution in [0.4, 0.5) is 11.4 Å². The lowest BCUT2D eigenvalue weighted by atomic mass is 10.2. The molecule has 2 aromatic rings. The average Bonchev–Trinajstić information content (AvgIpc) is 2.43. The van der Waals surface area contributed by atoms with Gasteiger partial charge in [0.25, 0.3) is 0 Å². The predicted octanol–water partition coefficient (Wildman–Crippen LogP) is 4.18. The van der Waals surface area contributed by atoms with Crippen molar-refractivity contribution in [2.24, 2.45) is 4.99 Å². The summed E-state index contributed by atoms with van der Waals surface area (Å²) in [7, 11) is 0. The molecule has 0 aromatic heterocycles. The topological polar surface area (TPSA) is 15.6 Å². The number of rotatable bonds is 4. The monoisotopic (exact) mass is 238 g/mol. The minimum atomic E-state index is 0.902. The molecule has 0 amide bonds. The van der Waals surface area contributed by atoms with Gasteiger partial charge in [-0.3, -0.25) is 0 Å². The second-order valence-electron chi connectivity index (χ2n) is 4.20. The van der Waals surface area contributed by atoms with Crippen molar-refractivity contribution in [3.05, 3.63) is 60.2 Å². The average molecular weight is 238 g/mol. The standard InChI is InChI=1S/C16H18N2/c1-3-18(16-7-5-4-6-8-16)13-17-15-11-9-14(2)10-12-15/h4-13H,3H2,1-2H3. The minimum Gasteiger partial charge on any atom is -0.333 e. The van der Waals surface area contributed by atoms with Crippen LogP contribution in [0.3, 0.4) is 0 Å². The van der Waals surface area contributed by atoms with Gasteiger partial charge >= 0.3 is 0 Å². The van der Waals surface area contributed by atoms with Crippen molar-refractivity contribution in [2.75, 3.05) is 11.4 Å². The molecule has 2 heteroatoms. The van der Waals surface area contributed by atoms with Gasteiger partial charge in [0.2, 0.25) is 0 Å². The maximum atomic E-state index is 4.50. The van der Waals surface area contributed by atoms with Gasteiger partial charge in [-0.1, -0.05) is 35.9 Å². The number of aryl methyl sites for hydroxylation is 1. The first kappa shape index (κ1) is 12.4. The van der Waals surface area contributed by atoms with E-state index in [1.165, 1.54) is 5.56 Å². The van der Waals surface area contributed by atoms with Crippen LogP contribution >= 0.6 is 0 Å². The van der Waals surface area contributed by atoms with E-state index in [0.29, 0.717) is 0 Å². The molecular formula is C16H18N2. The van der Waals surface area contributed by atoms with Crippen molar-refractivity contribution < 1.29 is 0 Å². The van der Waals surface area contributed by atoms with Gasteiger partial charge in [0.15, 0.2) is 0 Å². The van der Waals surface area contributed by atoms with E-state index in [1.807, 2.05) is 36.7 Å². The van der Waals surface area contributed by atoms with E-state index in [1.54, 1.807) is 0 Å². The van der Waals surface area contributed by atoms with Gasteiger partial charge in [0.1, 0.15) is 0 Å². The molecule has 0 bridgehead atoms. The number of nitrogens with zero attached hydrogens (tertiary/aromatic N) is 2. The van der Waals surface area contributed by atoms with Crippen molar-refractivity contribution >= 4 is 17.7 Å². The molecule has 0 aliphatic carbocycles. The van der Waals surface area contributed by atoms with Gasteiger partial charge in [-0.15, -0.1) is 0 Å². The first-order valence-corrected chi connectivity index (χ1v) is 6.22. The molecule has 0 N–H and O–H groups in total. The molecule has 0 aliphatic rings. The Balaban J connectivity index is 2.13. The van der Waals surface area contributed by atoms with Gasteiger partial charge in [0.05, 0.1) is 12.0 Å². The largest absolute Gasteiger partial charge is 0.333 e. The van der Waals surface area contributed by atoms with Crippen LogP contribution in [0.25, 0.3) is 0 Å². The fraction of sp³-hybridized carbons (Fsp3) is 0.188. The SMILES string of the molecule is CCN(C=Nc1ccc(C)cc1)c1ccccc1. The van der Waals surface area contributed by atoms with Gasteiger partial charge < -0.3 is 4.90 Å². The maximum absolute atomic E-state index is 4.50. The normalized spacial score (nSPS) is 10.8. The summed E-state index contributed by atoms with van der Waals surface area (Å²) in [6.45, 7) is 5.10. The van der Waals surface area contributed by atoms with E-state index >= 15 is 0 Å². The van der Waals surface area contributed by atoms with Gasteiger partial charge in [-0.05, 0) is 38.1 Å². The number of hydrogen-bond donors (Lipinski definition) is 0. The van der Waals surface area contributed by atoms with Crippen LogP contribution < -0.4 is 4.90 Å². The molecule has 2 nitrogen and oxygen atoms in total. The molecule has 2 rings (SSSR count). The van der Waals surface area contributed by atoms with Crippen LogP contribution in [0.15, 0.2) is 59.6 Å². The number of hydrogen-bond acceptors (Lipinski definition) is 1. The number of benzene rings is 2. The van der Waals surface area contributed by atoms with Crippen molar-refractivity contribution in [1.82, 2.24) is 0 Å². The summed E-state index contributed by atoms with van der Waals surface area (Å²) >= 11 is 0. The lowest BCUT2D eigenvalue weighted by Crippen LogP contribution is -2.19. The Hall–Kier alpha value is -2.09. The lowest BCUT2D eigenvalue weighted by molar-refractivity contribution is 1.07. The molecule has 18 heavy (non-hydrogen) atoms. The van der Waals surface area contributed by atoms with E-state index in [-0.39, 0.29) is 0 Å². The lowest BCUT2D eigenvalue weighted by Gasteiger charge is -2.16. The minimum absolute atomic E-state index is 0.902. The Bertz CT molecular complexity index is 500. The summed E-state index contributed by atoms with van der Waals surface area (Å²) in [6.07, 6.45) is 1.89. The Morgan fingerprint density at radius 2 is 1.67 bits per heavy atom. The molecule has 0 spiro atoms. The van der Waals surface area contributed by atoms with Crippen LogP contribution in [0.1, 0.15) is 12.5 Å². The molecule has 0 aliphatic heterocycles. The Labute approximate surface area is 109 Å². The van der Waals surface area contributed by atoms with E-state index in [9.17, 15) is 0 Å². The summed E-state index contributed by atoms with van der Waals surface area (Å²) in [6, 6.07) is 18.5. The summed E-state index contributed by atoms with van der Waals surface area (Å²) in [5.41, 5.74) is 3.40. The molecule has 0 fully saturated rings. The summed E-state index contributed by atoms with van der Waals surface area (Å²) in [4.78, 5) is 6.62. The Kier molecular flexibility index (Phi) is 4.13. The first-order valence-electron chi connectivity index (χ1n) is 6.22. The molecule has 0 heterocycles. The van der Waals surface area contributed by atoms with Crippen LogP contribution in [-0.4, -0.2) is 12.9 Å². The predicted molar refractivity (Wildman–Crippen MR) is 78.8 cm³/mol. The van der Waals surface area contributed by atoms with Crippen molar-refractivity contribution in [3.63, 3.8) is 0 Å². The Morgan fingerprint density at radius 3 is 2.28 bits per heavy atom. The highest BCUT2D eigenvalue weighted by Crippen LogP contribution is 2.14. The van der Waals surface area contributed by atoms with Crippen molar-refractivity contribution in [3.8, 4) is 0 Å². The fourth-order valence-electron chi connectivity index (χ4n) is 1.72. The highest BCUT2D eigenvalue weighted by Gasteiger charge is 1.99. The fourth-order valence-corrected chi connectivity index (χ4v) is 1.72. The molecule has 0 radical (unpaired) electrons. The zero-order chi connectivity index (χ0) is 12.8. The summed E-state index contributed by atoms with van der Waals surface area (Å²) in [5, 5.41) is 0. The summed E-state index contributed by atoms with van der Waals surface area (Å²) in [5.74, 6) is 0. The van der Waals surface area contributed by atoms with Crippen molar-refractivity contribution in [2.45, 2.75) is 13.8 Å². The zero-order valence-electron chi connectivity index (χ0n) is 10.9. The van der Waals surface area contributed by atoms with Gasteiger partial charge in [-0.25, -0.2) is 4.99 Å². The number of para-hydroxylation sites is 1. The molecule has 0 saturated carbocycles. The van der Waals surface area contributed by atoms with Gasteiger partial charge in [-0.2, -0.15) is 0 Å². The highest BCUT2D eigenvalue weighted by atomic mass is 15.1. The maximum Gasteiger partial charge on any atom is 0.0956 e. The molecular weight excluding hydrogens is 220 g/mol. The summed E-state index contributed by atoms with van der Waals surface area (Å²) < 4.78 is 0. The zero-order valence-corrected chi connectivity index (χ0v) is 10.9. The molecule has 92 valence electrons. The third kappa shape index (κ3) is 3.20. The number of anilines is 1. The third-order valence-electron chi connectivity index (χ3n) is 2.81. The van der Waals surface area contributed by atoms with Crippen LogP contribution in [0.5, 0.6) is 0 Å². The van der Waals surface area contributed by atoms with Crippen molar-refractivity contribution in [1.29, 1.82) is 0 Å².